The van der Waals surface area contributed by atoms with Crippen LogP contribution in [0.1, 0.15) is 23.6 Å². The highest BCUT2D eigenvalue weighted by atomic mass is 35.5. The van der Waals surface area contributed by atoms with Crippen molar-refractivity contribution in [3.63, 3.8) is 0 Å². The molecule has 0 bridgehead atoms. The van der Waals surface area contributed by atoms with Crippen LogP contribution in [0.4, 0.5) is 0 Å². The van der Waals surface area contributed by atoms with E-state index in [0.717, 1.165) is 12.8 Å². The summed E-state index contributed by atoms with van der Waals surface area (Å²) >= 11 is 13.7. The highest BCUT2D eigenvalue weighted by Crippen LogP contribution is 2.29. The lowest BCUT2D eigenvalue weighted by Crippen LogP contribution is -2.23. The minimum atomic E-state index is 0.0407. The minimum absolute atomic E-state index is 0.0407. The van der Waals surface area contributed by atoms with E-state index in [0.29, 0.717) is 11.8 Å². The number of hydrogen-bond donors (Lipinski definition) is 0. The van der Waals surface area contributed by atoms with E-state index in [1.54, 1.807) is 0 Å². The first-order chi connectivity index (χ1) is 6.63. The summed E-state index contributed by atoms with van der Waals surface area (Å²) in [4.78, 5) is 2.83. The maximum Gasteiger partial charge on any atom is 0.0292 e. The zero-order valence-corrected chi connectivity index (χ0v) is 11.0. The van der Waals surface area contributed by atoms with E-state index in [1.165, 1.54) is 9.75 Å². The molecule has 0 unspecified atom stereocenters. The van der Waals surface area contributed by atoms with Gasteiger partial charge < -0.3 is 0 Å². The summed E-state index contributed by atoms with van der Waals surface area (Å²) in [6, 6.07) is 4.39. The molecule has 0 aliphatic carbocycles. The van der Waals surface area contributed by atoms with Crippen molar-refractivity contribution in [3.8, 4) is 0 Å². The number of halogens is 2. The van der Waals surface area contributed by atoms with Crippen LogP contribution in [0.3, 0.4) is 0 Å². The van der Waals surface area contributed by atoms with Crippen LogP contribution >= 0.6 is 34.5 Å². The molecule has 0 amide bonds. The van der Waals surface area contributed by atoms with E-state index in [9.17, 15) is 0 Å². The van der Waals surface area contributed by atoms with E-state index in [-0.39, 0.29) is 5.41 Å². The predicted octanol–water partition coefficient (Wildman–Crippen LogP) is 4.34. The third-order valence-corrected chi connectivity index (χ3v) is 4.83. The summed E-state index contributed by atoms with van der Waals surface area (Å²) in [6.07, 6.45) is 2.10. The monoisotopic (exact) mass is 250 g/mol. The molecule has 0 saturated carbocycles. The number of alkyl halides is 2. The molecule has 80 valence electrons. The Hall–Kier alpha value is 0.280. The van der Waals surface area contributed by atoms with Crippen LogP contribution in [0.2, 0.25) is 0 Å². The van der Waals surface area contributed by atoms with Crippen molar-refractivity contribution in [1.29, 1.82) is 0 Å². The second-order valence-electron chi connectivity index (χ2n) is 3.98. The Balaban J connectivity index is 2.67. The normalized spacial score (nSPS) is 12.0. The molecular weight excluding hydrogens is 235 g/mol. The van der Waals surface area contributed by atoms with Crippen LogP contribution in [0.15, 0.2) is 12.1 Å². The van der Waals surface area contributed by atoms with Crippen molar-refractivity contribution >= 4 is 34.5 Å². The minimum Gasteiger partial charge on any atom is -0.145 e. The molecule has 14 heavy (non-hydrogen) atoms. The largest absolute Gasteiger partial charge is 0.145 e. The Kier molecular flexibility index (Phi) is 4.75. The third kappa shape index (κ3) is 3.15. The van der Waals surface area contributed by atoms with E-state index < -0.39 is 0 Å². The van der Waals surface area contributed by atoms with Gasteiger partial charge >= 0.3 is 0 Å². The average Bonchev–Trinajstić information content (AvgIpc) is 2.65. The average molecular weight is 251 g/mol. The lowest BCUT2D eigenvalue weighted by atomic mass is 9.91. The smallest absolute Gasteiger partial charge is 0.0292 e. The van der Waals surface area contributed by atoms with Crippen LogP contribution in [0.5, 0.6) is 0 Å². The van der Waals surface area contributed by atoms with Crippen molar-refractivity contribution in [2.24, 2.45) is 5.41 Å². The van der Waals surface area contributed by atoms with Crippen molar-refractivity contribution in [1.82, 2.24) is 0 Å². The molecule has 0 radical (unpaired) electrons. The van der Waals surface area contributed by atoms with Gasteiger partial charge in [0.25, 0.3) is 0 Å². The Labute approximate surface area is 100 Å². The van der Waals surface area contributed by atoms with Gasteiger partial charge in [-0.2, -0.15) is 0 Å². The Morgan fingerprint density at radius 1 is 1.21 bits per heavy atom. The fraction of sp³-hybridized carbons (Fsp3) is 0.636. The summed E-state index contributed by atoms with van der Waals surface area (Å²) in [5.41, 5.74) is 0.0407. The summed E-state index contributed by atoms with van der Waals surface area (Å²) in [5, 5.41) is 0. The molecule has 1 rings (SSSR count). The van der Waals surface area contributed by atoms with Crippen LogP contribution in [0, 0.1) is 5.41 Å². The zero-order valence-electron chi connectivity index (χ0n) is 8.65. The van der Waals surface area contributed by atoms with Gasteiger partial charge in [-0.1, -0.05) is 13.8 Å². The van der Waals surface area contributed by atoms with Gasteiger partial charge in [-0.15, -0.1) is 34.5 Å². The predicted molar refractivity (Wildman–Crippen MR) is 66.9 cm³/mol. The summed E-state index contributed by atoms with van der Waals surface area (Å²) in [5.74, 6) is 1.24. The molecule has 0 fully saturated rings. The van der Waals surface area contributed by atoms with E-state index in [4.69, 9.17) is 23.2 Å². The van der Waals surface area contributed by atoms with Gasteiger partial charge in [-0.25, -0.2) is 0 Å². The molecular formula is C11H16Cl2S. The lowest BCUT2D eigenvalue weighted by molar-refractivity contribution is 0.429. The molecule has 0 aliphatic rings. The Morgan fingerprint density at radius 3 is 2.21 bits per heavy atom. The number of rotatable bonds is 5. The van der Waals surface area contributed by atoms with Crippen LogP contribution in [0.25, 0.3) is 0 Å². The second-order valence-corrected chi connectivity index (χ2v) is 5.76. The molecule has 1 aromatic rings. The molecule has 1 heterocycles. The van der Waals surface area contributed by atoms with Gasteiger partial charge in [0, 0.05) is 21.5 Å². The highest BCUT2D eigenvalue weighted by Gasteiger charge is 2.23. The molecule has 0 spiro atoms. The standard InChI is InChI=1S/C11H16Cl2S/c1-3-9-4-5-10(14-9)6-11(2,7-12)8-13/h4-5H,3,6-8H2,1-2H3. The molecule has 3 heteroatoms. The number of aryl methyl sites for hydroxylation is 1. The van der Waals surface area contributed by atoms with Gasteiger partial charge in [0.2, 0.25) is 0 Å². The number of thiophene rings is 1. The van der Waals surface area contributed by atoms with Crippen molar-refractivity contribution in [2.75, 3.05) is 11.8 Å². The Bertz CT molecular complexity index is 277. The fourth-order valence-electron chi connectivity index (χ4n) is 1.26. The fourth-order valence-corrected chi connectivity index (χ4v) is 2.91. The topological polar surface area (TPSA) is 0 Å². The third-order valence-electron chi connectivity index (χ3n) is 2.31. The molecule has 0 nitrogen and oxygen atoms in total. The van der Waals surface area contributed by atoms with E-state index in [1.807, 2.05) is 11.3 Å². The van der Waals surface area contributed by atoms with Gasteiger partial charge in [0.15, 0.2) is 0 Å². The highest BCUT2D eigenvalue weighted by molar-refractivity contribution is 7.12. The van der Waals surface area contributed by atoms with Gasteiger partial charge in [-0.05, 0) is 30.4 Å². The SMILES string of the molecule is CCc1ccc(CC(C)(CCl)CCl)s1. The van der Waals surface area contributed by atoms with E-state index in [2.05, 4.69) is 26.0 Å². The first-order valence-corrected chi connectivity index (χ1v) is 6.71. The molecule has 0 aliphatic heterocycles. The first kappa shape index (κ1) is 12.4. The lowest BCUT2D eigenvalue weighted by Gasteiger charge is -2.23. The maximum atomic E-state index is 5.92. The van der Waals surface area contributed by atoms with Gasteiger partial charge in [0.05, 0.1) is 0 Å². The molecule has 0 atom stereocenters. The molecule has 0 N–H and O–H groups in total. The van der Waals surface area contributed by atoms with E-state index >= 15 is 0 Å². The summed E-state index contributed by atoms with van der Waals surface area (Å²) in [6.45, 7) is 4.32. The molecule has 0 saturated heterocycles. The maximum absolute atomic E-state index is 5.92. The molecule has 0 aromatic carbocycles. The first-order valence-electron chi connectivity index (χ1n) is 4.83. The van der Waals surface area contributed by atoms with Crippen molar-refractivity contribution < 1.29 is 0 Å². The van der Waals surface area contributed by atoms with Gasteiger partial charge in [0.1, 0.15) is 0 Å². The van der Waals surface area contributed by atoms with Crippen LogP contribution in [-0.4, -0.2) is 11.8 Å². The van der Waals surface area contributed by atoms with Crippen LogP contribution < -0.4 is 0 Å². The Morgan fingerprint density at radius 2 is 1.79 bits per heavy atom. The number of hydrogen-bond acceptors (Lipinski definition) is 1. The quantitative estimate of drug-likeness (QED) is 0.683. The van der Waals surface area contributed by atoms with Crippen molar-refractivity contribution in [3.05, 3.63) is 21.9 Å². The zero-order chi connectivity index (χ0) is 10.6. The van der Waals surface area contributed by atoms with Crippen molar-refractivity contribution in [2.45, 2.75) is 26.7 Å². The summed E-state index contributed by atoms with van der Waals surface area (Å²) in [7, 11) is 0. The second kappa shape index (κ2) is 5.39. The summed E-state index contributed by atoms with van der Waals surface area (Å²) < 4.78 is 0. The molecule has 1 aromatic heterocycles. The van der Waals surface area contributed by atoms with Gasteiger partial charge in [-0.3, -0.25) is 0 Å². The van der Waals surface area contributed by atoms with Crippen LogP contribution in [-0.2, 0) is 12.8 Å².